The summed E-state index contributed by atoms with van der Waals surface area (Å²) in [5.74, 6) is 0. The summed E-state index contributed by atoms with van der Waals surface area (Å²) in [6.07, 6.45) is 3.07. The van der Waals surface area contributed by atoms with Crippen LogP contribution in [0.15, 0.2) is 0 Å². The molecule has 3 nitrogen and oxygen atoms in total. The Morgan fingerprint density at radius 2 is 2.00 bits per heavy atom. The first-order valence-electron chi connectivity index (χ1n) is 5.79. The maximum absolute atomic E-state index is 9.76. The molecule has 0 aromatic heterocycles. The van der Waals surface area contributed by atoms with Crippen molar-refractivity contribution in [2.75, 3.05) is 32.7 Å². The zero-order valence-corrected chi connectivity index (χ0v) is 9.55. The molecule has 1 rings (SSSR count). The summed E-state index contributed by atoms with van der Waals surface area (Å²) in [4.78, 5) is 2.45. The molecule has 0 aromatic rings. The lowest BCUT2D eigenvalue weighted by molar-refractivity contribution is -0.00536. The van der Waals surface area contributed by atoms with Crippen LogP contribution in [0.1, 0.15) is 33.1 Å². The van der Waals surface area contributed by atoms with Crippen molar-refractivity contribution in [3.63, 3.8) is 0 Å². The minimum absolute atomic E-state index is 0.405. The molecular weight excluding hydrogens is 176 g/mol. The molecule has 0 amide bonds. The van der Waals surface area contributed by atoms with Gasteiger partial charge in [0, 0.05) is 13.1 Å². The molecule has 0 unspecified atom stereocenters. The highest BCUT2D eigenvalue weighted by Gasteiger charge is 2.26. The number of nitrogens with one attached hydrogen (secondary N) is 1. The molecule has 84 valence electrons. The third-order valence-corrected chi connectivity index (χ3v) is 3.01. The van der Waals surface area contributed by atoms with E-state index < -0.39 is 5.60 Å². The van der Waals surface area contributed by atoms with Crippen molar-refractivity contribution in [2.24, 2.45) is 0 Å². The predicted molar refractivity (Wildman–Crippen MR) is 59.5 cm³/mol. The zero-order valence-electron chi connectivity index (χ0n) is 9.55. The van der Waals surface area contributed by atoms with Crippen molar-refractivity contribution in [3.8, 4) is 0 Å². The summed E-state index contributed by atoms with van der Waals surface area (Å²) in [5, 5.41) is 13.1. The summed E-state index contributed by atoms with van der Waals surface area (Å²) in [6, 6.07) is 0. The second kappa shape index (κ2) is 5.69. The van der Waals surface area contributed by atoms with Gasteiger partial charge in [0.05, 0.1) is 5.60 Å². The van der Waals surface area contributed by atoms with Gasteiger partial charge in [-0.25, -0.2) is 0 Å². The smallest absolute Gasteiger partial charge is 0.0644 e. The molecule has 0 atom stereocenters. The molecule has 1 heterocycles. The van der Waals surface area contributed by atoms with Crippen molar-refractivity contribution in [2.45, 2.75) is 38.7 Å². The molecule has 0 aromatic carbocycles. The Kier molecular flexibility index (Phi) is 4.85. The Balaban J connectivity index is 2.04. The monoisotopic (exact) mass is 200 g/mol. The van der Waals surface area contributed by atoms with E-state index in [1.807, 2.05) is 6.92 Å². The van der Waals surface area contributed by atoms with E-state index in [0.29, 0.717) is 0 Å². The molecule has 0 spiro atoms. The molecule has 3 heteroatoms. The molecule has 1 aliphatic rings. The molecule has 0 bridgehead atoms. The van der Waals surface area contributed by atoms with Gasteiger partial charge in [0.1, 0.15) is 0 Å². The van der Waals surface area contributed by atoms with Gasteiger partial charge < -0.3 is 15.3 Å². The number of likely N-dealkylation sites (tertiary alicyclic amines) is 1. The third kappa shape index (κ3) is 4.40. The Labute approximate surface area is 87.5 Å². The Hall–Kier alpha value is -0.120. The van der Waals surface area contributed by atoms with Gasteiger partial charge in [-0.2, -0.15) is 0 Å². The van der Waals surface area contributed by atoms with Crippen molar-refractivity contribution in [1.29, 1.82) is 0 Å². The molecule has 0 aliphatic carbocycles. The maximum Gasteiger partial charge on any atom is 0.0644 e. The number of rotatable bonds is 5. The Bertz CT molecular complexity index is 149. The van der Waals surface area contributed by atoms with Crippen LogP contribution in [0.5, 0.6) is 0 Å². The third-order valence-electron chi connectivity index (χ3n) is 3.01. The fourth-order valence-corrected chi connectivity index (χ4v) is 1.86. The van der Waals surface area contributed by atoms with Crippen LogP contribution < -0.4 is 5.32 Å². The highest BCUT2D eigenvalue weighted by molar-refractivity contribution is 4.81. The van der Waals surface area contributed by atoms with Gasteiger partial charge in [0.25, 0.3) is 0 Å². The van der Waals surface area contributed by atoms with Gasteiger partial charge in [-0.1, -0.05) is 6.92 Å². The van der Waals surface area contributed by atoms with Crippen LogP contribution >= 0.6 is 0 Å². The molecule has 1 aliphatic heterocycles. The van der Waals surface area contributed by atoms with E-state index in [0.717, 1.165) is 39.0 Å². The summed E-state index contributed by atoms with van der Waals surface area (Å²) in [7, 11) is 0. The minimum Gasteiger partial charge on any atom is -0.390 e. The van der Waals surface area contributed by atoms with E-state index in [9.17, 15) is 5.11 Å². The molecule has 0 radical (unpaired) electrons. The van der Waals surface area contributed by atoms with Crippen LogP contribution in [0.3, 0.4) is 0 Å². The summed E-state index contributed by atoms with van der Waals surface area (Å²) >= 11 is 0. The van der Waals surface area contributed by atoms with Gasteiger partial charge in [0.15, 0.2) is 0 Å². The van der Waals surface area contributed by atoms with Crippen molar-refractivity contribution >= 4 is 0 Å². The zero-order chi connectivity index (χ0) is 10.4. The normalized spacial score (nSPS) is 22.5. The fraction of sp³-hybridized carbons (Fsp3) is 1.00. The predicted octanol–water partition coefficient (Wildman–Crippen LogP) is 0.833. The summed E-state index contributed by atoms with van der Waals surface area (Å²) < 4.78 is 0. The van der Waals surface area contributed by atoms with Crippen molar-refractivity contribution < 1.29 is 5.11 Å². The largest absolute Gasteiger partial charge is 0.390 e. The number of hydrogen-bond donors (Lipinski definition) is 2. The van der Waals surface area contributed by atoms with Crippen LogP contribution in [0.25, 0.3) is 0 Å². The average molecular weight is 200 g/mol. The Morgan fingerprint density at radius 1 is 1.36 bits per heavy atom. The minimum atomic E-state index is -0.405. The van der Waals surface area contributed by atoms with E-state index >= 15 is 0 Å². The molecule has 2 N–H and O–H groups in total. The van der Waals surface area contributed by atoms with Crippen LogP contribution in [0, 0.1) is 0 Å². The van der Waals surface area contributed by atoms with Crippen molar-refractivity contribution in [1.82, 2.24) is 10.2 Å². The lowest BCUT2D eigenvalue weighted by atomic mass is 9.94. The standard InChI is InChI=1S/C11H24N2O/c1-3-12-7-4-8-13-9-5-11(2,14)6-10-13/h12,14H,3-10H2,1-2H3. The van der Waals surface area contributed by atoms with Crippen LogP contribution in [-0.4, -0.2) is 48.3 Å². The quantitative estimate of drug-likeness (QED) is 0.645. The van der Waals surface area contributed by atoms with Gasteiger partial charge in [-0.3, -0.25) is 0 Å². The molecule has 0 saturated carbocycles. The second-order valence-electron chi connectivity index (χ2n) is 4.55. The first-order valence-corrected chi connectivity index (χ1v) is 5.79. The molecule has 1 saturated heterocycles. The number of piperidine rings is 1. The van der Waals surface area contributed by atoms with Crippen LogP contribution in [0.4, 0.5) is 0 Å². The molecular formula is C11H24N2O. The topological polar surface area (TPSA) is 35.5 Å². The van der Waals surface area contributed by atoms with Crippen molar-refractivity contribution in [3.05, 3.63) is 0 Å². The number of hydrogen-bond acceptors (Lipinski definition) is 3. The lowest BCUT2D eigenvalue weighted by Crippen LogP contribution is -2.43. The first-order chi connectivity index (χ1) is 6.64. The van der Waals surface area contributed by atoms with Gasteiger partial charge in [-0.15, -0.1) is 0 Å². The number of nitrogens with zero attached hydrogens (tertiary/aromatic N) is 1. The van der Waals surface area contributed by atoms with Gasteiger partial charge in [0.2, 0.25) is 0 Å². The van der Waals surface area contributed by atoms with E-state index in [2.05, 4.69) is 17.1 Å². The first kappa shape index (κ1) is 12.0. The Morgan fingerprint density at radius 3 is 2.57 bits per heavy atom. The van der Waals surface area contributed by atoms with Crippen LogP contribution in [0.2, 0.25) is 0 Å². The SMILES string of the molecule is CCNCCCN1CCC(C)(O)CC1. The number of aliphatic hydroxyl groups is 1. The van der Waals surface area contributed by atoms with Gasteiger partial charge >= 0.3 is 0 Å². The van der Waals surface area contributed by atoms with E-state index in [1.54, 1.807) is 0 Å². The highest BCUT2D eigenvalue weighted by Crippen LogP contribution is 2.20. The summed E-state index contributed by atoms with van der Waals surface area (Å²) in [6.45, 7) is 9.54. The molecule has 1 fully saturated rings. The van der Waals surface area contributed by atoms with E-state index in [-0.39, 0.29) is 0 Å². The summed E-state index contributed by atoms with van der Waals surface area (Å²) in [5.41, 5.74) is -0.405. The fourth-order valence-electron chi connectivity index (χ4n) is 1.86. The maximum atomic E-state index is 9.76. The van der Waals surface area contributed by atoms with Crippen LogP contribution in [-0.2, 0) is 0 Å². The highest BCUT2D eigenvalue weighted by atomic mass is 16.3. The van der Waals surface area contributed by atoms with Gasteiger partial charge in [-0.05, 0) is 45.8 Å². The van der Waals surface area contributed by atoms with E-state index in [4.69, 9.17) is 0 Å². The second-order valence-corrected chi connectivity index (χ2v) is 4.55. The van der Waals surface area contributed by atoms with E-state index in [1.165, 1.54) is 13.0 Å². The lowest BCUT2D eigenvalue weighted by Gasteiger charge is -2.35. The molecule has 14 heavy (non-hydrogen) atoms. The average Bonchev–Trinajstić information content (AvgIpc) is 2.15.